The lowest BCUT2D eigenvalue weighted by Crippen LogP contribution is -2.58. The van der Waals surface area contributed by atoms with E-state index in [1.54, 1.807) is 18.3 Å². The summed E-state index contributed by atoms with van der Waals surface area (Å²) >= 11 is 0. The van der Waals surface area contributed by atoms with Crippen LogP contribution in [0.5, 0.6) is 5.75 Å². The Labute approximate surface area is 167 Å². The van der Waals surface area contributed by atoms with Gasteiger partial charge in [0.1, 0.15) is 5.75 Å². The minimum absolute atomic E-state index is 0.145. The number of ether oxygens (including phenoxy) is 1. The quantitative estimate of drug-likeness (QED) is 0.441. The molecule has 1 aromatic heterocycles. The van der Waals surface area contributed by atoms with E-state index in [9.17, 15) is 4.79 Å². The maximum atomic E-state index is 12.4. The first kappa shape index (κ1) is 18.9. The molecule has 3 atom stereocenters. The van der Waals surface area contributed by atoms with E-state index in [4.69, 9.17) is 4.74 Å². The molecule has 0 spiro atoms. The van der Waals surface area contributed by atoms with Crippen LogP contribution in [0.15, 0.2) is 55.4 Å². The van der Waals surface area contributed by atoms with Crippen LogP contribution in [0, 0.1) is 5.92 Å². The number of fused-ring (bicyclic) bond motifs is 4. The summed E-state index contributed by atoms with van der Waals surface area (Å²) in [6, 6.07) is 10.2. The SMILES string of the molecule is C=CCN1CCC2(CC)c3cc(OC(=O)c4cccnc4)ccc3CC1C2C. The van der Waals surface area contributed by atoms with E-state index in [-0.39, 0.29) is 11.4 Å². The van der Waals surface area contributed by atoms with Crippen LogP contribution in [0.2, 0.25) is 0 Å². The van der Waals surface area contributed by atoms with Crippen molar-refractivity contribution < 1.29 is 9.53 Å². The Morgan fingerprint density at radius 3 is 3.00 bits per heavy atom. The summed E-state index contributed by atoms with van der Waals surface area (Å²) in [5.41, 5.74) is 3.37. The molecule has 4 heteroatoms. The van der Waals surface area contributed by atoms with Crippen molar-refractivity contribution >= 4 is 5.97 Å². The van der Waals surface area contributed by atoms with Crippen molar-refractivity contribution in [3.8, 4) is 5.75 Å². The molecule has 4 nitrogen and oxygen atoms in total. The summed E-state index contributed by atoms with van der Waals surface area (Å²) in [5, 5.41) is 0. The molecule has 1 aliphatic carbocycles. The first-order valence-electron chi connectivity index (χ1n) is 10.2. The first-order chi connectivity index (χ1) is 13.6. The molecular formula is C24H28N2O2. The van der Waals surface area contributed by atoms with E-state index in [0.717, 1.165) is 32.4 Å². The molecule has 0 amide bonds. The summed E-state index contributed by atoms with van der Waals surface area (Å²) < 4.78 is 5.69. The summed E-state index contributed by atoms with van der Waals surface area (Å²) in [5.74, 6) is 0.823. The average molecular weight is 377 g/mol. The Balaban J connectivity index is 1.66. The van der Waals surface area contributed by atoms with Crippen LogP contribution >= 0.6 is 0 Å². The van der Waals surface area contributed by atoms with Crippen LogP contribution < -0.4 is 4.74 Å². The first-order valence-corrected chi connectivity index (χ1v) is 10.2. The largest absolute Gasteiger partial charge is 0.423 e. The number of rotatable bonds is 5. The van der Waals surface area contributed by atoms with Crippen LogP contribution in [0.25, 0.3) is 0 Å². The van der Waals surface area contributed by atoms with E-state index in [0.29, 0.717) is 23.3 Å². The molecule has 28 heavy (non-hydrogen) atoms. The number of nitrogens with zero attached hydrogens (tertiary/aromatic N) is 2. The predicted octanol–water partition coefficient (Wildman–Crippen LogP) is 4.40. The van der Waals surface area contributed by atoms with Gasteiger partial charge >= 0.3 is 5.97 Å². The maximum Gasteiger partial charge on any atom is 0.345 e. The minimum atomic E-state index is -0.360. The number of piperidine rings is 1. The molecule has 4 rings (SSSR count). The molecule has 2 bridgehead atoms. The van der Waals surface area contributed by atoms with Crippen molar-refractivity contribution in [2.45, 2.75) is 44.6 Å². The Morgan fingerprint density at radius 1 is 1.43 bits per heavy atom. The number of aromatic nitrogens is 1. The highest BCUT2D eigenvalue weighted by Crippen LogP contribution is 2.51. The third kappa shape index (κ3) is 3.06. The third-order valence-corrected chi connectivity index (χ3v) is 6.91. The van der Waals surface area contributed by atoms with Crippen molar-refractivity contribution in [3.63, 3.8) is 0 Å². The van der Waals surface area contributed by atoms with Gasteiger partial charge in [0.25, 0.3) is 0 Å². The van der Waals surface area contributed by atoms with E-state index in [1.807, 2.05) is 12.1 Å². The molecule has 1 saturated heterocycles. The van der Waals surface area contributed by atoms with E-state index >= 15 is 0 Å². The van der Waals surface area contributed by atoms with Crippen LogP contribution in [-0.2, 0) is 11.8 Å². The highest BCUT2D eigenvalue weighted by molar-refractivity contribution is 5.90. The standard InChI is InChI=1S/C24H28N2O2/c1-4-12-26-13-10-24(5-2)17(3)22(26)14-18-8-9-20(15-21(18)24)28-23(27)19-7-6-11-25-16-19/h4,6-9,11,15-17,22H,1,5,10,12-14H2,2-3H3. The second-order valence-electron chi connectivity index (χ2n) is 8.05. The third-order valence-electron chi connectivity index (χ3n) is 6.91. The van der Waals surface area contributed by atoms with Crippen molar-refractivity contribution in [1.82, 2.24) is 9.88 Å². The Kier molecular flexibility index (Phi) is 5.07. The van der Waals surface area contributed by atoms with Gasteiger partial charge in [-0.05, 0) is 67.1 Å². The second-order valence-corrected chi connectivity index (χ2v) is 8.05. The molecule has 0 radical (unpaired) electrons. The summed E-state index contributed by atoms with van der Waals surface area (Å²) in [6.45, 7) is 10.7. The topological polar surface area (TPSA) is 42.4 Å². The highest BCUT2D eigenvalue weighted by Gasteiger charge is 2.49. The van der Waals surface area contributed by atoms with E-state index in [1.165, 1.54) is 17.3 Å². The zero-order chi connectivity index (χ0) is 19.7. The van der Waals surface area contributed by atoms with Gasteiger partial charge in [0, 0.05) is 30.4 Å². The summed E-state index contributed by atoms with van der Waals surface area (Å²) in [7, 11) is 0. The number of hydrogen-bond donors (Lipinski definition) is 0. The fourth-order valence-electron chi connectivity index (χ4n) is 5.32. The lowest BCUT2D eigenvalue weighted by Gasteiger charge is -2.56. The minimum Gasteiger partial charge on any atom is -0.423 e. The number of benzene rings is 1. The van der Waals surface area contributed by atoms with Gasteiger partial charge in [0.15, 0.2) is 0 Å². The van der Waals surface area contributed by atoms with Gasteiger partial charge in [-0.3, -0.25) is 9.88 Å². The molecule has 0 saturated carbocycles. The van der Waals surface area contributed by atoms with Gasteiger partial charge in [0.2, 0.25) is 0 Å². The molecule has 2 aromatic rings. The van der Waals surface area contributed by atoms with Crippen molar-refractivity contribution in [1.29, 1.82) is 0 Å². The van der Waals surface area contributed by atoms with Gasteiger partial charge in [-0.2, -0.15) is 0 Å². The number of hydrogen-bond acceptors (Lipinski definition) is 4. The molecule has 2 aliphatic rings. The molecule has 3 unspecified atom stereocenters. The molecule has 1 aliphatic heterocycles. The van der Waals surface area contributed by atoms with Gasteiger partial charge in [-0.15, -0.1) is 6.58 Å². The fourth-order valence-corrected chi connectivity index (χ4v) is 5.32. The van der Waals surface area contributed by atoms with Crippen LogP contribution in [-0.4, -0.2) is 35.0 Å². The Morgan fingerprint density at radius 2 is 2.29 bits per heavy atom. The monoisotopic (exact) mass is 376 g/mol. The number of likely N-dealkylation sites (tertiary alicyclic amines) is 1. The van der Waals surface area contributed by atoms with Gasteiger partial charge in [0.05, 0.1) is 5.56 Å². The normalized spacial score (nSPS) is 26.4. The summed E-state index contributed by atoms with van der Waals surface area (Å²) in [4.78, 5) is 19.0. The average Bonchev–Trinajstić information content (AvgIpc) is 2.72. The maximum absolute atomic E-state index is 12.4. The fraction of sp³-hybridized carbons (Fsp3) is 0.417. The zero-order valence-electron chi connectivity index (χ0n) is 16.7. The zero-order valence-corrected chi connectivity index (χ0v) is 16.7. The number of carbonyl (C=O) groups is 1. The van der Waals surface area contributed by atoms with Gasteiger partial charge in [-0.25, -0.2) is 4.79 Å². The van der Waals surface area contributed by atoms with Crippen molar-refractivity contribution in [2.75, 3.05) is 13.1 Å². The number of pyridine rings is 1. The Hall–Kier alpha value is -2.46. The smallest absolute Gasteiger partial charge is 0.345 e. The summed E-state index contributed by atoms with van der Waals surface area (Å²) in [6.07, 6.45) is 8.47. The number of carbonyl (C=O) groups excluding carboxylic acids is 1. The molecule has 0 N–H and O–H groups in total. The Bertz CT molecular complexity index is 879. The van der Waals surface area contributed by atoms with Gasteiger partial charge in [-0.1, -0.05) is 26.0 Å². The predicted molar refractivity (Wildman–Crippen MR) is 111 cm³/mol. The van der Waals surface area contributed by atoms with Crippen LogP contribution in [0.1, 0.15) is 48.2 Å². The van der Waals surface area contributed by atoms with E-state index in [2.05, 4.69) is 42.4 Å². The van der Waals surface area contributed by atoms with E-state index < -0.39 is 0 Å². The molecular weight excluding hydrogens is 348 g/mol. The molecule has 146 valence electrons. The van der Waals surface area contributed by atoms with Crippen molar-refractivity contribution in [2.24, 2.45) is 5.92 Å². The highest BCUT2D eigenvalue weighted by atomic mass is 16.5. The molecule has 2 heterocycles. The van der Waals surface area contributed by atoms with Crippen LogP contribution in [0.3, 0.4) is 0 Å². The molecule has 1 fully saturated rings. The lowest BCUT2D eigenvalue weighted by molar-refractivity contribution is 0.0284. The molecule has 1 aromatic carbocycles. The van der Waals surface area contributed by atoms with Crippen molar-refractivity contribution in [3.05, 3.63) is 72.1 Å². The van der Waals surface area contributed by atoms with Gasteiger partial charge < -0.3 is 4.74 Å². The second kappa shape index (κ2) is 7.51. The van der Waals surface area contributed by atoms with Crippen LogP contribution in [0.4, 0.5) is 0 Å². The number of esters is 1. The lowest BCUT2D eigenvalue weighted by atomic mass is 9.57.